The molecular weight excluding hydrogens is 328 g/mol. The molecule has 0 radical (unpaired) electrons. The number of carboxylic acids is 1. The van der Waals surface area contributed by atoms with Crippen LogP contribution in [-0.2, 0) is 0 Å². The molecule has 0 aliphatic heterocycles. The lowest BCUT2D eigenvalue weighted by molar-refractivity contribution is 0.0642. The van der Waals surface area contributed by atoms with Gasteiger partial charge in [-0.25, -0.2) is 4.79 Å². The third-order valence-electron chi connectivity index (χ3n) is 4.39. The van der Waals surface area contributed by atoms with Gasteiger partial charge in [0.25, 0.3) is 5.91 Å². The molecule has 5 heteroatoms. The predicted octanol–water partition coefficient (Wildman–Crippen LogP) is 4.32. The Morgan fingerprint density at radius 1 is 1.04 bits per heavy atom. The van der Waals surface area contributed by atoms with Crippen LogP contribution < -0.4 is 0 Å². The van der Waals surface area contributed by atoms with Crippen molar-refractivity contribution in [1.82, 2.24) is 9.88 Å². The molecule has 0 bridgehead atoms. The van der Waals surface area contributed by atoms with Gasteiger partial charge in [0.15, 0.2) is 0 Å². The predicted molar refractivity (Wildman–Crippen MR) is 103 cm³/mol. The van der Waals surface area contributed by atoms with Crippen molar-refractivity contribution in [2.24, 2.45) is 0 Å². The Bertz CT molecular complexity index is 810. The summed E-state index contributed by atoms with van der Waals surface area (Å²) in [6.45, 7) is 11.4. The Labute approximate surface area is 154 Å². The molecule has 5 nitrogen and oxygen atoms in total. The highest BCUT2D eigenvalue weighted by Crippen LogP contribution is 2.27. The summed E-state index contributed by atoms with van der Waals surface area (Å²) >= 11 is 0. The molecule has 2 aromatic rings. The van der Waals surface area contributed by atoms with Crippen LogP contribution in [-0.4, -0.2) is 39.0 Å². The minimum atomic E-state index is -0.991. The lowest BCUT2D eigenvalue weighted by Gasteiger charge is -2.31. The summed E-state index contributed by atoms with van der Waals surface area (Å²) in [5, 5.41) is 9.34. The molecule has 1 aromatic heterocycles. The number of benzene rings is 1. The van der Waals surface area contributed by atoms with E-state index in [2.05, 4.69) is 4.98 Å². The van der Waals surface area contributed by atoms with E-state index >= 15 is 0 Å². The Morgan fingerprint density at radius 2 is 1.62 bits per heavy atom. The maximum atomic E-state index is 13.2. The van der Waals surface area contributed by atoms with E-state index in [-0.39, 0.29) is 23.6 Å². The maximum Gasteiger partial charge on any atom is 0.337 e. The van der Waals surface area contributed by atoms with Gasteiger partial charge in [0, 0.05) is 23.2 Å². The van der Waals surface area contributed by atoms with E-state index in [4.69, 9.17) is 0 Å². The first-order chi connectivity index (χ1) is 12.1. The number of pyridine rings is 1. The average molecular weight is 354 g/mol. The van der Waals surface area contributed by atoms with E-state index in [1.807, 2.05) is 50.8 Å². The molecule has 0 spiro atoms. The van der Waals surface area contributed by atoms with Gasteiger partial charge < -0.3 is 10.0 Å². The van der Waals surface area contributed by atoms with Crippen molar-refractivity contribution in [3.63, 3.8) is 0 Å². The lowest BCUT2D eigenvalue weighted by Crippen LogP contribution is -2.42. The van der Waals surface area contributed by atoms with Crippen molar-refractivity contribution in [1.29, 1.82) is 0 Å². The van der Waals surface area contributed by atoms with E-state index in [9.17, 15) is 14.7 Å². The summed E-state index contributed by atoms with van der Waals surface area (Å²) in [6, 6.07) is 9.22. The van der Waals surface area contributed by atoms with Gasteiger partial charge in [0.1, 0.15) is 0 Å². The first-order valence-corrected chi connectivity index (χ1v) is 8.78. The maximum absolute atomic E-state index is 13.2. The smallest absolute Gasteiger partial charge is 0.337 e. The molecule has 0 aliphatic carbocycles. The first kappa shape index (κ1) is 19.6. The van der Waals surface area contributed by atoms with E-state index in [1.165, 1.54) is 0 Å². The topological polar surface area (TPSA) is 70.5 Å². The minimum absolute atomic E-state index is 0.0509. The standard InChI is InChI=1S/C21H26N2O3/c1-12(2)23(13(3)4)20(24)17-10-8-7-9-16(17)18-11-14(5)19(21(25)26)15(6)22-18/h7-13H,1-6H3,(H,25,26). The van der Waals surface area contributed by atoms with Crippen molar-refractivity contribution in [3.05, 3.63) is 52.7 Å². The molecule has 0 saturated heterocycles. The summed E-state index contributed by atoms with van der Waals surface area (Å²) in [4.78, 5) is 30.9. The van der Waals surface area contributed by atoms with Crippen molar-refractivity contribution < 1.29 is 14.7 Å². The first-order valence-electron chi connectivity index (χ1n) is 8.78. The number of aromatic carboxylic acids is 1. The van der Waals surface area contributed by atoms with Crippen LogP contribution in [0.2, 0.25) is 0 Å². The normalized spacial score (nSPS) is 11.1. The minimum Gasteiger partial charge on any atom is -0.478 e. The van der Waals surface area contributed by atoms with Gasteiger partial charge in [-0.1, -0.05) is 18.2 Å². The van der Waals surface area contributed by atoms with Crippen molar-refractivity contribution in [2.45, 2.75) is 53.6 Å². The Hall–Kier alpha value is -2.69. The molecule has 138 valence electrons. The zero-order chi connectivity index (χ0) is 19.6. The van der Waals surface area contributed by atoms with Gasteiger partial charge in [0.2, 0.25) is 0 Å². The van der Waals surface area contributed by atoms with E-state index in [1.54, 1.807) is 26.0 Å². The highest BCUT2D eigenvalue weighted by Gasteiger charge is 2.25. The molecule has 26 heavy (non-hydrogen) atoms. The average Bonchev–Trinajstić information content (AvgIpc) is 2.53. The van der Waals surface area contributed by atoms with Gasteiger partial charge in [-0.05, 0) is 59.2 Å². The zero-order valence-electron chi connectivity index (χ0n) is 16.2. The number of aromatic nitrogens is 1. The van der Waals surface area contributed by atoms with Gasteiger partial charge >= 0.3 is 5.97 Å². The monoisotopic (exact) mass is 354 g/mol. The summed E-state index contributed by atoms with van der Waals surface area (Å²) in [7, 11) is 0. The lowest BCUT2D eigenvalue weighted by atomic mass is 9.98. The van der Waals surface area contributed by atoms with Crippen LogP contribution in [0.3, 0.4) is 0 Å². The van der Waals surface area contributed by atoms with Crippen LogP contribution in [0.25, 0.3) is 11.3 Å². The number of hydrogen-bond donors (Lipinski definition) is 1. The highest BCUT2D eigenvalue weighted by atomic mass is 16.4. The van der Waals surface area contributed by atoms with Crippen LogP contribution in [0.4, 0.5) is 0 Å². The number of rotatable bonds is 5. The molecule has 0 unspecified atom stereocenters. The fourth-order valence-corrected chi connectivity index (χ4v) is 3.39. The number of hydrogen-bond acceptors (Lipinski definition) is 3. The largest absolute Gasteiger partial charge is 0.478 e. The number of carbonyl (C=O) groups is 2. The third kappa shape index (κ3) is 3.77. The third-order valence-corrected chi connectivity index (χ3v) is 4.39. The second-order valence-electron chi connectivity index (χ2n) is 7.04. The Balaban J connectivity index is 2.61. The van der Waals surface area contributed by atoms with Crippen LogP contribution >= 0.6 is 0 Å². The van der Waals surface area contributed by atoms with Crippen LogP contribution in [0.5, 0.6) is 0 Å². The quantitative estimate of drug-likeness (QED) is 0.868. The molecular formula is C21H26N2O3. The molecule has 1 heterocycles. The summed E-state index contributed by atoms with van der Waals surface area (Å²) in [5.41, 5.74) is 3.19. The summed E-state index contributed by atoms with van der Waals surface area (Å²) < 4.78 is 0. The Kier molecular flexibility index (Phi) is 5.80. The van der Waals surface area contributed by atoms with E-state index in [0.29, 0.717) is 28.1 Å². The molecule has 1 aromatic carbocycles. The molecule has 0 fully saturated rings. The molecule has 0 aliphatic rings. The highest BCUT2D eigenvalue weighted by molar-refractivity contribution is 6.01. The molecule has 0 atom stereocenters. The second kappa shape index (κ2) is 7.68. The molecule has 1 N–H and O–H groups in total. The second-order valence-corrected chi connectivity index (χ2v) is 7.04. The molecule has 1 amide bonds. The summed E-state index contributed by atoms with van der Waals surface area (Å²) in [5.74, 6) is -1.04. The zero-order valence-corrected chi connectivity index (χ0v) is 16.2. The molecule has 2 rings (SSSR count). The van der Waals surface area contributed by atoms with Gasteiger partial charge in [0.05, 0.1) is 17.0 Å². The number of carbonyl (C=O) groups excluding carboxylic acids is 1. The van der Waals surface area contributed by atoms with Gasteiger partial charge in [-0.2, -0.15) is 0 Å². The van der Waals surface area contributed by atoms with Crippen molar-refractivity contribution >= 4 is 11.9 Å². The van der Waals surface area contributed by atoms with Crippen molar-refractivity contribution in [3.8, 4) is 11.3 Å². The van der Waals surface area contributed by atoms with Crippen LogP contribution in [0.1, 0.15) is 59.7 Å². The number of nitrogens with zero attached hydrogens (tertiary/aromatic N) is 2. The SMILES string of the molecule is Cc1cc(-c2ccccc2C(=O)N(C(C)C)C(C)C)nc(C)c1C(=O)O. The van der Waals surface area contributed by atoms with E-state index in [0.717, 1.165) is 0 Å². The number of aryl methyl sites for hydroxylation is 2. The summed E-state index contributed by atoms with van der Waals surface area (Å²) in [6.07, 6.45) is 0. The van der Waals surface area contributed by atoms with Crippen molar-refractivity contribution in [2.75, 3.05) is 0 Å². The van der Waals surface area contributed by atoms with Crippen LogP contribution in [0, 0.1) is 13.8 Å². The van der Waals surface area contributed by atoms with Gasteiger partial charge in [-0.15, -0.1) is 0 Å². The van der Waals surface area contributed by atoms with E-state index < -0.39 is 5.97 Å². The number of amides is 1. The molecule has 0 saturated carbocycles. The fraction of sp³-hybridized carbons (Fsp3) is 0.381. The fourth-order valence-electron chi connectivity index (χ4n) is 3.39. The Morgan fingerprint density at radius 3 is 2.12 bits per heavy atom. The number of carboxylic acid groups (broad SMARTS) is 1. The van der Waals surface area contributed by atoms with Gasteiger partial charge in [-0.3, -0.25) is 9.78 Å². The van der Waals surface area contributed by atoms with Crippen LogP contribution in [0.15, 0.2) is 30.3 Å².